The van der Waals surface area contributed by atoms with E-state index < -0.39 is 11.6 Å². The molecule has 194 valence electrons. The minimum absolute atomic E-state index is 0.0558. The second-order valence-electron chi connectivity index (χ2n) is 10.4. The lowest BCUT2D eigenvalue weighted by atomic mass is 9.63. The Morgan fingerprint density at radius 3 is 2.86 bits per heavy atom. The third kappa shape index (κ3) is 3.99. The summed E-state index contributed by atoms with van der Waals surface area (Å²) in [6.45, 7) is 2.31. The van der Waals surface area contributed by atoms with Gasteiger partial charge in [0.2, 0.25) is 5.88 Å². The maximum Gasteiger partial charge on any atom is 0.218 e. The van der Waals surface area contributed by atoms with Gasteiger partial charge >= 0.3 is 0 Å². The van der Waals surface area contributed by atoms with Gasteiger partial charge in [-0.2, -0.15) is 10.2 Å². The summed E-state index contributed by atoms with van der Waals surface area (Å²) in [5, 5.41) is 15.1. The number of ether oxygens (including phenoxy) is 1. The van der Waals surface area contributed by atoms with Gasteiger partial charge in [-0.3, -0.25) is 4.90 Å². The number of nitrogens with two attached hydrogens (primary N) is 1. The number of thiophene rings is 1. The fourth-order valence-electron chi connectivity index (χ4n) is 6.56. The van der Waals surface area contributed by atoms with E-state index in [0.717, 1.165) is 55.4 Å². The molecule has 1 aliphatic heterocycles. The largest absolute Gasteiger partial charge is 0.473 e. The number of aromatic nitrogens is 3. The summed E-state index contributed by atoms with van der Waals surface area (Å²) in [5.74, 6) is 1.43. The van der Waals surface area contributed by atoms with Crippen LogP contribution in [0.2, 0.25) is 5.15 Å². The number of hydrogen-bond acceptors (Lipinski definition) is 9. The van der Waals surface area contributed by atoms with Crippen molar-refractivity contribution in [2.24, 2.45) is 0 Å². The Hall–Kier alpha value is -2.74. The summed E-state index contributed by atoms with van der Waals surface area (Å²) < 4.78 is 26.1. The summed E-state index contributed by atoms with van der Waals surface area (Å²) in [6, 6.07) is 3.86. The van der Waals surface area contributed by atoms with Crippen molar-refractivity contribution in [3.05, 3.63) is 38.5 Å². The third-order valence-electron chi connectivity index (χ3n) is 8.14. The van der Waals surface area contributed by atoms with Gasteiger partial charge in [0.15, 0.2) is 17.3 Å². The Bertz CT molecular complexity index is 1400. The third-order valence-corrected chi connectivity index (χ3v) is 9.41. The molecule has 1 saturated heterocycles. The maximum absolute atomic E-state index is 13.9. The summed E-state index contributed by atoms with van der Waals surface area (Å²) in [5.41, 5.74) is 8.91. The van der Waals surface area contributed by atoms with Gasteiger partial charge in [-0.25, -0.2) is 9.37 Å². The van der Waals surface area contributed by atoms with Crippen molar-refractivity contribution in [3.63, 3.8) is 0 Å². The maximum atomic E-state index is 13.9. The molecule has 0 aromatic carbocycles. The van der Waals surface area contributed by atoms with Crippen molar-refractivity contribution in [1.82, 2.24) is 20.0 Å². The highest BCUT2D eigenvalue weighted by Gasteiger charge is 2.48. The van der Waals surface area contributed by atoms with Crippen LogP contribution in [0.1, 0.15) is 66.4 Å². The Labute approximate surface area is 223 Å². The van der Waals surface area contributed by atoms with Gasteiger partial charge in [0, 0.05) is 29.1 Å². The standard InChI is InChI=1S/C26H28ClFN6O2S/c1-13(17-9-14(28)12-34(17)2)35-20-10-19(27)31-25(32-20)22-15-5-3-7-26(23(15)36-33-22)8-4-6-18-21(26)16(11-29)24(30)37-18/h10,13-14,17H,3-9,12,30H2,1-2H3/t13-,14+,17-,26-/m0/s1. The first-order chi connectivity index (χ1) is 17.8. The highest BCUT2D eigenvalue weighted by Crippen LogP contribution is 2.55. The first-order valence-electron chi connectivity index (χ1n) is 12.7. The van der Waals surface area contributed by atoms with Crippen LogP contribution < -0.4 is 10.5 Å². The number of likely N-dealkylation sites (tertiary alicyclic amines) is 1. The molecule has 2 aliphatic carbocycles. The number of rotatable bonds is 4. The van der Waals surface area contributed by atoms with E-state index in [-0.39, 0.29) is 17.3 Å². The molecule has 1 fully saturated rings. The molecule has 3 aliphatic rings. The van der Waals surface area contributed by atoms with Crippen LogP contribution in [0, 0.1) is 11.3 Å². The number of nitrogen functional groups attached to an aromatic ring is 1. The van der Waals surface area contributed by atoms with E-state index >= 15 is 0 Å². The molecule has 8 nitrogen and oxygen atoms in total. The lowest BCUT2D eigenvalue weighted by Crippen LogP contribution is -2.38. The lowest BCUT2D eigenvalue weighted by molar-refractivity contribution is 0.117. The van der Waals surface area contributed by atoms with Gasteiger partial charge in [0.1, 0.15) is 28.5 Å². The predicted octanol–water partition coefficient (Wildman–Crippen LogP) is 5.07. The fraction of sp³-hybridized carbons (Fsp3) is 0.538. The number of alkyl halides is 1. The van der Waals surface area contributed by atoms with Gasteiger partial charge in [-0.05, 0) is 64.5 Å². The van der Waals surface area contributed by atoms with Gasteiger partial charge in [0.05, 0.1) is 11.0 Å². The minimum Gasteiger partial charge on any atom is -0.473 e. The van der Waals surface area contributed by atoms with Crippen LogP contribution in [0.3, 0.4) is 0 Å². The Kier molecular flexibility index (Phi) is 6.13. The molecular weight excluding hydrogens is 515 g/mol. The minimum atomic E-state index is -0.861. The Morgan fingerprint density at radius 1 is 1.35 bits per heavy atom. The molecule has 2 N–H and O–H groups in total. The van der Waals surface area contributed by atoms with Crippen LogP contribution in [0.4, 0.5) is 9.39 Å². The summed E-state index contributed by atoms with van der Waals surface area (Å²) >= 11 is 7.90. The number of hydrogen-bond donors (Lipinski definition) is 1. The Balaban J connectivity index is 1.37. The number of nitriles is 1. The van der Waals surface area contributed by atoms with Crippen molar-refractivity contribution >= 4 is 27.9 Å². The highest BCUT2D eigenvalue weighted by molar-refractivity contribution is 7.16. The van der Waals surface area contributed by atoms with Crippen LogP contribution in [0.25, 0.3) is 11.5 Å². The molecule has 0 unspecified atom stereocenters. The monoisotopic (exact) mass is 542 g/mol. The topological polar surface area (TPSA) is 114 Å². The smallest absolute Gasteiger partial charge is 0.218 e. The second kappa shape index (κ2) is 9.22. The van der Waals surface area contributed by atoms with Gasteiger partial charge in [-0.15, -0.1) is 11.3 Å². The average molecular weight is 543 g/mol. The van der Waals surface area contributed by atoms with Crippen molar-refractivity contribution < 1.29 is 13.7 Å². The number of halogens is 2. The summed E-state index contributed by atoms with van der Waals surface area (Å²) in [6.07, 6.45) is 4.61. The van der Waals surface area contributed by atoms with E-state index in [0.29, 0.717) is 40.9 Å². The van der Waals surface area contributed by atoms with Crippen molar-refractivity contribution in [2.45, 2.75) is 75.6 Å². The van der Waals surface area contributed by atoms with Crippen LogP contribution >= 0.6 is 22.9 Å². The molecular formula is C26H28ClFN6O2S. The average Bonchev–Trinajstić information content (AvgIpc) is 3.53. The van der Waals surface area contributed by atoms with Gasteiger partial charge in [0.25, 0.3) is 0 Å². The second-order valence-corrected chi connectivity index (χ2v) is 11.9. The normalized spacial score (nSPS) is 26.0. The molecule has 6 rings (SSSR count). The van der Waals surface area contributed by atoms with Gasteiger partial charge in [-0.1, -0.05) is 16.8 Å². The molecule has 1 spiro atoms. The summed E-state index contributed by atoms with van der Waals surface area (Å²) in [4.78, 5) is 12.2. The van der Waals surface area contributed by atoms with E-state index in [1.165, 1.54) is 16.2 Å². The molecule has 0 saturated carbocycles. The van der Waals surface area contributed by atoms with Crippen molar-refractivity contribution in [1.29, 1.82) is 5.26 Å². The number of nitrogens with zero attached hydrogens (tertiary/aromatic N) is 5. The molecule has 4 atom stereocenters. The number of fused-ring (bicyclic) bond motifs is 4. The molecule has 0 bridgehead atoms. The van der Waals surface area contributed by atoms with Crippen LogP contribution in [-0.4, -0.2) is 51.9 Å². The first-order valence-corrected chi connectivity index (χ1v) is 13.9. The molecule has 37 heavy (non-hydrogen) atoms. The van der Waals surface area contributed by atoms with Crippen molar-refractivity contribution in [2.75, 3.05) is 19.3 Å². The molecule has 3 aromatic rings. The molecule has 3 aromatic heterocycles. The molecule has 0 radical (unpaired) electrons. The van der Waals surface area contributed by atoms with E-state index in [9.17, 15) is 9.65 Å². The molecule has 11 heteroatoms. The number of aryl methyl sites for hydroxylation is 1. The SMILES string of the molecule is C[C@H](Oc1cc(Cl)nc(-c2noc3c2CCC[C@@]32CCCc3sc(N)c(C#N)c32)n1)[C@@H]1C[C@@H](F)CN1C. The quantitative estimate of drug-likeness (QED) is 0.454. The lowest BCUT2D eigenvalue weighted by Gasteiger charge is -2.39. The Morgan fingerprint density at radius 2 is 2.14 bits per heavy atom. The zero-order valence-electron chi connectivity index (χ0n) is 20.8. The van der Waals surface area contributed by atoms with Crippen molar-refractivity contribution in [3.8, 4) is 23.5 Å². The fourth-order valence-corrected chi connectivity index (χ4v) is 7.90. The van der Waals surface area contributed by atoms with E-state index in [2.05, 4.69) is 21.2 Å². The van der Waals surface area contributed by atoms with E-state index in [1.54, 1.807) is 6.07 Å². The van der Waals surface area contributed by atoms with Crippen LogP contribution in [-0.2, 0) is 18.3 Å². The van der Waals surface area contributed by atoms with E-state index in [1.807, 2.05) is 18.9 Å². The highest BCUT2D eigenvalue weighted by atomic mass is 35.5. The zero-order chi connectivity index (χ0) is 25.9. The zero-order valence-corrected chi connectivity index (χ0v) is 22.3. The first kappa shape index (κ1) is 24.6. The molecule has 4 heterocycles. The number of anilines is 1. The summed E-state index contributed by atoms with van der Waals surface area (Å²) in [7, 11) is 1.90. The molecule has 0 amide bonds. The van der Waals surface area contributed by atoms with Crippen LogP contribution in [0.5, 0.6) is 5.88 Å². The van der Waals surface area contributed by atoms with Gasteiger partial charge < -0.3 is 15.0 Å². The van der Waals surface area contributed by atoms with Crippen LogP contribution in [0.15, 0.2) is 10.6 Å². The number of likely N-dealkylation sites (N-methyl/N-ethyl adjacent to an activating group) is 1. The van der Waals surface area contributed by atoms with E-state index in [4.69, 9.17) is 26.6 Å². The predicted molar refractivity (Wildman–Crippen MR) is 139 cm³/mol.